The third-order valence-corrected chi connectivity index (χ3v) is 4.27. The fourth-order valence-electron chi connectivity index (χ4n) is 1.55. The minimum Gasteiger partial charge on any atom is -0.480 e. The standard InChI is InChI=1S/C11H9N5O3S2/c17-9(18)4-16-11(13-14-15-16)21-6-7-5-19-10(12-7)8-2-1-3-20-8/h1-3,5H,4,6H2,(H,17,18). The van der Waals surface area contributed by atoms with Gasteiger partial charge in [0.05, 0.1) is 10.6 Å². The average molecular weight is 323 g/mol. The Kier molecular flexibility index (Phi) is 3.97. The fraction of sp³-hybridized carbons (Fsp3) is 0.182. The predicted octanol–water partition coefficient (Wildman–Crippen LogP) is 1.77. The van der Waals surface area contributed by atoms with Gasteiger partial charge in [0.1, 0.15) is 12.8 Å². The van der Waals surface area contributed by atoms with Crippen LogP contribution in [0, 0.1) is 0 Å². The first kappa shape index (κ1) is 13.8. The molecule has 0 aromatic carbocycles. The molecule has 0 unspecified atom stereocenters. The average Bonchev–Trinajstić information content (AvgIpc) is 3.17. The third kappa shape index (κ3) is 3.28. The molecular weight excluding hydrogens is 314 g/mol. The van der Waals surface area contributed by atoms with Gasteiger partial charge in [-0.05, 0) is 21.9 Å². The van der Waals surface area contributed by atoms with Crippen molar-refractivity contribution in [2.24, 2.45) is 0 Å². The van der Waals surface area contributed by atoms with Crippen LogP contribution in [0.15, 0.2) is 33.3 Å². The molecule has 21 heavy (non-hydrogen) atoms. The topological polar surface area (TPSA) is 107 Å². The number of carbonyl (C=O) groups is 1. The van der Waals surface area contributed by atoms with Crippen LogP contribution >= 0.6 is 23.1 Å². The number of aromatic nitrogens is 5. The zero-order valence-electron chi connectivity index (χ0n) is 10.5. The molecule has 0 fully saturated rings. The van der Waals surface area contributed by atoms with E-state index in [9.17, 15) is 4.79 Å². The Morgan fingerprint density at radius 3 is 3.19 bits per heavy atom. The molecule has 0 aliphatic carbocycles. The molecule has 108 valence electrons. The van der Waals surface area contributed by atoms with Gasteiger partial charge in [0.15, 0.2) is 0 Å². The first-order chi connectivity index (χ1) is 10.2. The highest BCUT2D eigenvalue weighted by molar-refractivity contribution is 7.98. The van der Waals surface area contributed by atoms with Gasteiger partial charge in [0.25, 0.3) is 0 Å². The van der Waals surface area contributed by atoms with Crippen molar-refractivity contribution in [2.45, 2.75) is 17.5 Å². The van der Waals surface area contributed by atoms with Gasteiger partial charge in [-0.15, -0.1) is 16.4 Å². The summed E-state index contributed by atoms with van der Waals surface area (Å²) in [6.45, 7) is -0.269. The van der Waals surface area contributed by atoms with Crippen LogP contribution in [0.5, 0.6) is 0 Å². The molecule has 0 saturated heterocycles. The molecule has 3 rings (SSSR count). The molecule has 10 heteroatoms. The highest BCUT2D eigenvalue weighted by Gasteiger charge is 2.12. The maximum absolute atomic E-state index is 10.7. The quantitative estimate of drug-likeness (QED) is 0.684. The molecule has 0 saturated carbocycles. The molecule has 3 aromatic rings. The van der Waals surface area contributed by atoms with E-state index < -0.39 is 5.97 Å². The van der Waals surface area contributed by atoms with E-state index in [0.717, 1.165) is 10.6 Å². The highest BCUT2D eigenvalue weighted by Crippen LogP contribution is 2.26. The molecule has 3 aromatic heterocycles. The molecule has 0 aliphatic rings. The summed E-state index contributed by atoms with van der Waals surface area (Å²) in [6.07, 6.45) is 1.58. The fourth-order valence-corrected chi connectivity index (χ4v) is 2.96. The van der Waals surface area contributed by atoms with Crippen LogP contribution in [-0.4, -0.2) is 36.3 Å². The molecule has 0 radical (unpaired) electrons. The van der Waals surface area contributed by atoms with Gasteiger partial charge in [-0.3, -0.25) is 4.79 Å². The number of aliphatic carboxylic acids is 1. The van der Waals surface area contributed by atoms with Crippen LogP contribution in [0.4, 0.5) is 0 Å². The van der Waals surface area contributed by atoms with Gasteiger partial charge in [0, 0.05) is 5.75 Å². The van der Waals surface area contributed by atoms with Crippen molar-refractivity contribution in [3.63, 3.8) is 0 Å². The normalized spacial score (nSPS) is 10.9. The van der Waals surface area contributed by atoms with Crippen molar-refractivity contribution < 1.29 is 14.3 Å². The van der Waals surface area contributed by atoms with Crippen molar-refractivity contribution in [1.29, 1.82) is 0 Å². The molecule has 3 heterocycles. The van der Waals surface area contributed by atoms with Gasteiger partial charge in [0.2, 0.25) is 11.0 Å². The number of nitrogens with zero attached hydrogens (tertiary/aromatic N) is 5. The molecule has 8 nitrogen and oxygen atoms in total. The third-order valence-electron chi connectivity index (χ3n) is 2.42. The maximum atomic E-state index is 10.7. The van der Waals surface area contributed by atoms with Crippen LogP contribution in [-0.2, 0) is 17.1 Å². The monoisotopic (exact) mass is 323 g/mol. The Bertz CT molecular complexity index is 737. The SMILES string of the molecule is O=C(O)Cn1nnnc1SCc1coc(-c2cccs2)n1. The van der Waals surface area contributed by atoms with Crippen molar-refractivity contribution in [2.75, 3.05) is 0 Å². The molecular formula is C11H9N5O3S2. The van der Waals surface area contributed by atoms with E-state index in [0.29, 0.717) is 16.8 Å². The van der Waals surface area contributed by atoms with Crippen LogP contribution in [0.1, 0.15) is 5.69 Å². The van der Waals surface area contributed by atoms with Gasteiger partial charge < -0.3 is 9.52 Å². The molecule has 0 spiro atoms. The highest BCUT2D eigenvalue weighted by atomic mass is 32.2. The predicted molar refractivity (Wildman–Crippen MR) is 74.8 cm³/mol. The number of tetrazole rings is 1. The van der Waals surface area contributed by atoms with E-state index in [-0.39, 0.29) is 6.54 Å². The number of hydrogen-bond acceptors (Lipinski definition) is 8. The summed E-state index contributed by atoms with van der Waals surface area (Å²) >= 11 is 2.85. The van der Waals surface area contributed by atoms with Gasteiger partial charge in [-0.25, -0.2) is 9.67 Å². The minimum atomic E-state index is -0.995. The van der Waals surface area contributed by atoms with Crippen molar-refractivity contribution in [3.05, 3.63) is 29.5 Å². The molecule has 0 bridgehead atoms. The van der Waals surface area contributed by atoms with Crippen LogP contribution < -0.4 is 0 Å². The molecule has 1 N–H and O–H groups in total. The van der Waals surface area contributed by atoms with E-state index in [2.05, 4.69) is 20.5 Å². The number of thiophene rings is 1. The van der Waals surface area contributed by atoms with E-state index >= 15 is 0 Å². The van der Waals surface area contributed by atoms with Crippen LogP contribution in [0.2, 0.25) is 0 Å². The number of carboxylic acid groups (broad SMARTS) is 1. The zero-order chi connectivity index (χ0) is 14.7. The lowest BCUT2D eigenvalue weighted by Gasteiger charge is -1.99. The van der Waals surface area contributed by atoms with E-state index in [1.54, 1.807) is 17.6 Å². The lowest BCUT2D eigenvalue weighted by Crippen LogP contribution is -2.11. The Morgan fingerprint density at radius 2 is 2.43 bits per heavy atom. The first-order valence-corrected chi connectivity index (χ1v) is 7.68. The second kappa shape index (κ2) is 6.06. The lowest BCUT2D eigenvalue weighted by molar-refractivity contribution is -0.138. The summed E-state index contributed by atoms with van der Waals surface area (Å²) in [5.41, 5.74) is 0.744. The summed E-state index contributed by atoms with van der Waals surface area (Å²) in [6, 6.07) is 3.86. The molecule has 0 amide bonds. The van der Waals surface area contributed by atoms with E-state index in [4.69, 9.17) is 9.52 Å². The van der Waals surface area contributed by atoms with E-state index in [1.165, 1.54) is 16.4 Å². The second-order valence-corrected chi connectivity index (χ2v) is 5.81. The van der Waals surface area contributed by atoms with Crippen molar-refractivity contribution in [1.82, 2.24) is 25.2 Å². The minimum absolute atomic E-state index is 0.269. The number of rotatable bonds is 6. The van der Waals surface area contributed by atoms with Crippen LogP contribution in [0.3, 0.4) is 0 Å². The Hall–Kier alpha value is -2.20. The van der Waals surface area contributed by atoms with Crippen LogP contribution in [0.25, 0.3) is 10.8 Å². The summed E-state index contributed by atoms with van der Waals surface area (Å²) in [5.74, 6) is 0.0748. The van der Waals surface area contributed by atoms with E-state index in [1.807, 2.05) is 17.5 Å². The van der Waals surface area contributed by atoms with Crippen molar-refractivity contribution in [3.8, 4) is 10.8 Å². The summed E-state index contributed by atoms with van der Waals surface area (Å²) in [5, 5.41) is 22.0. The first-order valence-electron chi connectivity index (χ1n) is 5.81. The maximum Gasteiger partial charge on any atom is 0.325 e. The Balaban J connectivity index is 1.66. The Morgan fingerprint density at radius 1 is 1.52 bits per heavy atom. The summed E-state index contributed by atoms with van der Waals surface area (Å²) in [7, 11) is 0. The van der Waals surface area contributed by atoms with Gasteiger partial charge in [-0.2, -0.15) is 0 Å². The number of carboxylic acids is 1. The number of oxazole rings is 1. The van der Waals surface area contributed by atoms with Gasteiger partial charge >= 0.3 is 5.97 Å². The lowest BCUT2D eigenvalue weighted by atomic mass is 10.5. The largest absolute Gasteiger partial charge is 0.480 e. The zero-order valence-corrected chi connectivity index (χ0v) is 12.2. The molecule has 0 atom stereocenters. The number of hydrogen-bond donors (Lipinski definition) is 1. The number of thioether (sulfide) groups is 1. The van der Waals surface area contributed by atoms with Crippen molar-refractivity contribution >= 4 is 29.1 Å². The summed E-state index contributed by atoms with van der Waals surface area (Å²) < 4.78 is 6.64. The summed E-state index contributed by atoms with van der Waals surface area (Å²) in [4.78, 5) is 16.0. The van der Waals surface area contributed by atoms with Gasteiger partial charge in [-0.1, -0.05) is 17.8 Å². The molecule has 0 aliphatic heterocycles. The smallest absolute Gasteiger partial charge is 0.325 e. The Labute approximate surface area is 126 Å². The second-order valence-electron chi connectivity index (χ2n) is 3.92.